The predicted molar refractivity (Wildman–Crippen MR) is 64.3 cm³/mol. The van der Waals surface area contributed by atoms with Crippen molar-refractivity contribution in [2.75, 3.05) is 29.7 Å². The Morgan fingerprint density at radius 3 is 2.67 bits per heavy atom. The summed E-state index contributed by atoms with van der Waals surface area (Å²) in [5.74, 6) is -0.269. The van der Waals surface area contributed by atoms with E-state index in [0.29, 0.717) is 24.5 Å². The van der Waals surface area contributed by atoms with Gasteiger partial charge in [0.25, 0.3) is 5.91 Å². The third kappa shape index (κ3) is 1.61. The number of nitrogens with two attached hydrogens (primary N) is 1. The Bertz CT molecular complexity index is 624. The lowest BCUT2D eigenvalue weighted by atomic mass is 10.2. The SMILES string of the molecule is Nc1ccc2c(c1)N(S(=O)(=O)N1CC1)C(=O)CO2. The van der Waals surface area contributed by atoms with Crippen molar-refractivity contribution >= 4 is 27.5 Å². The van der Waals surface area contributed by atoms with Gasteiger partial charge in [-0.25, -0.2) is 0 Å². The highest BCUT2D eigenvalue weighted by atomic mass is 32.2. The molecule has 1 amide bonds. The largest absolute Gasteiger partial charge is 0.481 e. The Labute approximate surface area is 104 Å². The van der Waals surface area contributed by atoms with Crippen LogP contribution in [-0.4, -0.2) is 38.3 Å². The molecule has 1 aromatic carbocycles. The molecule has 2 aliphatic rings. The van der Waals surface area contributed by atoms with Gasteiger partial charge >= 0.3 is 10.2 Å². The van der Waals surface area contributed by atoms with Crippen LogP contribution in [0.1, 0.15) is 0 Å². The molecule has 96 valence electrons. The molecule has 7 nitrogen and oxygen atoms in total. The smallest absolute Gasteiger partial charge is 0.311 e. The van der Waals surface area contributed by atoms with Crippen LogP contribution in [0.5, 0.6) is 5.75 Å². The minimum Gasteiger partial charge on any atom is -0.481 e. The van der Waals surface area contributed by atoms with Crippen LogP contribution in [-0.2, 0) is 15.0 Å². The van der Waals surface area contributed by atoms with Gasteiger partial charge in [-0.05, 0) is 18.2 Å². The van der Waals surface area contributed by atoms with Crippen molar-refractivity contribution < 1.29 is 17.9 Å². The zero-order chi connectivity index (χ0) is 12.9. The van der Waals surface area contributed by atoms with Crippen LogP contribution < -0.4 is 14.8 Å². The number of ether oxygens (including phenoxy) is 1. The molecule has 0 unspecified atom stereocenters. The summed E-state index contributed by atoms with van der Waals surface area (Å²) in [5, 5.41) is 0. The molecule has 2 N–H and O–H groups in total. The number of rotatable bonds is 2. The Balaban J connectivity index is 2.14. The summed E-state index contributed by atoms with van der Waals surface area (Å²) in [6, 6.07) is 4.58. The van der Waals surface area contributed by atoms with Crippen LogP contribution in [0.2, 0.25) is 0 Å². The first-order valence-electron chi connectivity index (χ1n) is 5.36. The second kappa shape index (κ2) is 3.59. The van der Waals surface area contributed by atoms with E-state index in [1.807, 2.05) is 0 Å². The molecule has 0 radical (unpaired) electrons. The van der Waals surface area contributed by atoms with Crippen LogP contribution in [0.3, 0.4) is 0 Å². The van der Waals surface area contributed by atoms with Gasteiger partial charge in [-0.3, -0.25) is 4.79 Å². The van der Waals surface area contributed by atoms with Crippen molar-refractivity contribution in [2.24, 2.45) is 0 Å². The van der Waals surface area contributed by atoms with E-state index in [9.17, 15) is 13.2 Å². The molecular formula is C10H11N3O4S. The fraction of sp³-hybridized carbons (Fsp3) is 0.300. The number of hydrogen-bond acceptors (Lipinski definition) is 5. The number of nitrogens with zero attached hydrogens (tertiary/aromatic N) is 2. The van der Waals surface area contributed by atoms with Crippen LogP contribution in [0.4, 0.5) is 11.4 Å². The van der Waals surface area contributed by atoms with E-state index in [1.165, 1.54) is 10.4 Å². The van der Waals surface area contributed by atoms with Crippen molar-refractivity contribution in [3.8, 4) is 5.75 Å². The van der Waals surface area contributed by atoms with Crippen molar-refractivity contribution in [3.63, 3.8) is 0 Å². The Hall–Kier alpha value is -1.80. The van der Waals surface area contributed by atoms with Gasteiger partial charge in [0.05, 0.1) is 0 Å². The van der Waals surface area contributed by atoms with E-state index in [1.54, 1.807) is 12.1 Å². The molecule has 18 heavy (non-hydrogen) atoms. The van der Waals surface area contributed by atoms with Gasteiger partial charge in [-0.15, -0.1) is 0 Å². The Morgan fingerprint density at radius 1 is 1.28 bits per heavy atom. The number of amides is 1. The summed E-state index contributed by atoms with van der Waals surface area (Å²) in [6.45, 7) is 0.583. The number of carbonyl (C=O) groups is 1. The molecular weight excluding hydrogens is 258 g/mol. The van der Waals surface area contributed by atoms with Gasteiger partial charge in [0.2, 0.25) is 0 Å². The second-order valence-electron chi connectivity index (χ2n) is 4.08. The van der Waals surface area contributed by atoms with E-state index >= 15 is 0 Å². The second-order valence-corrected chi connectivity index (χ2v) is 5.86. The molecule has 0 saturated carbocycles. The van der Waals surface area contributed by atoms with Gasteiger partial charge in [0, 0.05) is 18.8 Å². The molecule has 2 aliphatic heterocycles. The zero-order valence-corrected chi connectivity index (χ0v) is 10.2. The highest BCUT2D eigenvalue weighted by Gasteiger charge is 2.43. The first-order valence-corrected chi connectivity index (χ1v) is 6.75. The van der Waals surface area contributed by atoms with Gasteiger partial charge in [-0.1, -0.05) is 0 Å². The van der Waals surface area contributed by atoms with Crippen molar-refractivity contribution in [3.05, 3.63) is 18.2 Å². The van der Waals surface area contributed by atoms with Crippen LogP contribution >= 0.6 is 0 Å². The summed E-state index contributed by atoms with van der Waals surface area (Å²) >= 11 is 0. The lowest BCUT2D eigenvalue weighted by Crippen LogP contribution is -2.45. The molecule has 8 heteroatoms. The highest BCUT2D eigenvalue weighted by Crippen LogP contribution is 2.37. The molecule has 1 fully saturated rings. The van der Waals surface area contributed by atoms with Crippen molar-refractivity contribution in [2.45, 2.75) is 0 Å². The topological polar surface area (TPSA) is 92.7 Å². The van der Waals surface area contributed by atoms with Crippen LogP contribution in [0, 0.1) is 0 Å². The minimum atomic E-state index is -3.79. The van der Waals surface area contributed by atoms with Crippen LogP contribution in [0.25, 0.3) is 0 Å². The molecule has 0 aliphatic carbocycles. The van der Waals surface area contributed by atoms with E-state index in [4.69, 9.17) is 10.5 Å². The first-order chi connectivity index (χ1) is 8.50. The number of anilines is 2. The summed E-state index contributed by atoms with van der Waals surface area (Å²) in [6.07, 6.45) is 0. The van der Waals surface area contributed by atoms with E-state index < -0.39 is 16.1 Å². The summed E-state index contributed by atoms with van der Waals surface area (Å²) in [7, 11) is -3.79. The third-order valence-electron chi connectivity index (χ3n) is 2.74. The quantitative estimate of drug-likeness (QED) is 0.580. The molecule has 0 spiro atoms. The molecule has 2 heterocycles. The molecule has 0 atom stereocenters. The van der Waals surface area contributed by atoms with E-state index in [-0.39, 0.29) is 12.3 Å². The number of carbonyl (C=O) groups excluding carboxylic acids is 1. The van der Waals surface area contributed by atoms with Crippen LogP contribution in [0.15, 0.2) is 18.2 Å². The standard InChI is InChI=1S/C10H11N3O4S/c11-7-1-2-9-8(5-7)13(10(14)6-17-9)18(15,16)12-3-4-12/h1-2,5H,3-4,6,11H2. The van der Waals surface area contributed by atoms with Gasteiger partial charge in [0.1, 0.15) is 11.4 Å². The maximum atomic E-state index is 12.2. The fourth-order valence-corrected chi connectivity index (χ4v) is 3.26. The lowest BCUT2D eigenvalue weighted by Gasteiger charge is -2.28. The first kappa shape index (κ1) is 11.3. The predicted octanol–water partition coefficient (Wildman–Crippen LogP) is -0.445. The molecule has 3 rings (SSSR count). The van der Waals surface area contributed by atoms with Gasteiger partial charge in [-0.2, -0.15) is 17.0 Å². The number of nitrogen functional groups attached to an aromatic ring is 1. The zero-order valence-electron chi connectivity index (χ0n) is 9.37. The average molecular weight is 269 g/mol. The van der Waals surface area contributed by atoms with Crippen molar-refractivity contribution in [1.82, 2.24) is 4.31 Å². The maximum absolute atomic E-state index is 12.2. The minimum absolute atomic E-state index is 0.179. The molecule has 1 saturated heterocycles. The molecule has 0 bridgehead atoms. The normalized spacial score (nSPS) is 19.3. The lowest BCUT2D eigenvalue weighted by molar-refractivity contribution is -0.120. The average Bonchev–Trinajstić information content (AvgIpc) is 3.11. The van der Waals surface area contributed by atoms with Gasteiger partial charge in [0.15, 0.2) is 6.61 Å². The fourth-order valence-electron chi connectivity index (χ4n) is 1.79. The number of benzene rings is 1. The van der Waals surface area contributed by atoms with E-state index in [2.05, 4.69) is 0 Å². The van der Waals surface area contributed by atoms with E-state index in [0.717, 1.165) is 4.31 Å². The Morgan fingerprint density at radius 2 is 2.00 bits per heavy atom. The third-order valence-corrected chi connectivity index (χ3v) is 4.62. The monoisotopic (exact) mass is 269 g/mol. The molecule has 1 aromatic rings. The highest BCUT2D eigenvalue weighted by molar-refractivity contribution is 7.91. The van der Waals surface area contributed by atoms with Crippen molar-refractivity contribution in [1.29, 1.82) is 0 Å². The summed E-state index contributed by atoms with van der Waals surface area (Å²) in [4.78, 5) is 11.8. The number of hydrogen-bond donors (Lipinski definition) is 1. The molecule has 0 aromatic heterocycles. The van der Waals surface area contributed by atoms with Gasteiger partial charge < -0.3 is 10.5 Å². The summed E-state index contributed by atoms with van der Waals surface area (Å²) < 4.78 is 31.5. The Kier molecular flexibility index (Phi) is 2.26. The summed E-state index contributed by atoms with van der Waals surface area (Å²) in [5.41, 5.74) is 6.17. The number of fused-ring (bicyclic) bond motifs is 1. The maximum Gasteiger partial charge on any atom is 0.311 e.